The van der Waals surface area contributed by atoms with Gasteiger partial charge < -0.3 is 15.4 Å². The molecule has 0 aliphatic carbocycles. The fourth-order valence-corrected chi connectivity index (χ4v) is 2.21. The van der Waals surface area contributed by atoms with Gasteiger partial charge in [0.05, 0.1) is 7.11 Å². The Bertz CT molecular complexity index is 660. The molecule has 0 bridgehead atoms. The quantitative estimate of drug-likeness (QED) is 0.910. The van der Waals surface area contributed by atoms with Gasteiger partial charge in [0.1, 0.15) is 5.75 Å². The Morgan fingerprint density at radius 2 is 2.00 bits per heavy atom. The highest BCUT2D eigenvalue weighted by Crippen LogP contribution is 2.21. The molecule has 1 aromatic heterocycles. The number of para-hydroxylation sites is 1. The Kier molecular flexibility index (Phi) is 4.93. The number of amides is 1. The van der Waals surface area contributed by atoms with Gasteiger partial charge >= 0.3 is 0 Å². The summed E-state index contributed by atoms with van der Waals surface area (Å²) in [5, 5.41) is 0. The summed E-state index contributed by atoms with van der Waals surface area (Å²) in [5.41, 5.74) is 6.94. The van der Waals surface area contributed by atoms with Gasteiger partial charge in [-0.2, -0.15) is 0 Å². The zero-order valence-corrected chi connectivity index (χ0v) is 13.0. The molecule has 0 saturated heterocycles. The zero-order chi connectivity index (χ0) is 16.1. The van der Waals surface area contributed by atoms with Gasteiger partial charge in [0.15, 0.2) is 11.5 Å². The molecule has 0 aliphatic heterocycles. The molecular weight excluding hydrogens is 280 g/mol. The number of nitrogens with two attached hydrogens (primary N) is 1. The second-order valence-corrected chi connectivity index (χ2v) is 5.07. The van der Waals surface area contributed by atoms with E-state index in [2.05, 4.69) is 9.97 Å². The molecule has 1 heterocycles. The Morgan fingerprint density at radius 1 is 1.32 bits per heavy atom. The van der Waals surface area contributed by atoms with E-state index in [-0.39, 0.29) is 23.5 Å². The van der Waals surface area contributed by atoms with Crippen molar-refractivity contribution < 1.29 is 9.53 Å². The van der Waals surface area contributed by atoms with E-state index in [1.165, 1.54) is 12.4 Å². The Labute approximate surface area is 129 Å². The zero-order valence-electron chi connectivity index (χ0n) is 13.0. The first-order valence-electron chi connectivity index (χ1n) is 7.00. The van der Waals surface area contributed by atoms with E-state index < -0.39 is 0 Å². The summed E-state index contributed by atoms with van der Waals surface area (Å²) in [6.07, 6.45) is 3.60. The molecule has 0 saturated carbocycles. The highest BCUT2D eigenvalue weighted by Gasteiger charge is 2.22. The molecule has 6 nitrogen and oxygen atoms in total. The van der Waals surface area contributed by atoms with Crippen molar-refractivity contribution in [1.82, 2.24) is 14.9 Å². The van der Waals surface area contributed by atoms with Gasteiger partial charge in [-0.1, -0.05) is 18.2 Å². The topological polar surface area (TPSA) is 81.3 Å². The van der Waals surface area contributed by atoms with Crippen LogP contribution in [-0.4, -0.2) is 41.0 Å². The Morgan fingerprint density at radius 3 is 2.68 bits per heavy atom. The first-order chi connectivity index (χ1) is 10.5. The molecule has 2 aromatic rings. The van der Waals surface area contributed by atoms with Crippen molar-refractivity contribution in [2.45, 2.75) is 19.4 Å². The number of carbonyl (C=O) groups is 1. The maximum atomic E-state index is 12.5. The maximum absolute atomic E-state index is 12.5. The van der Waals surface area contributed by atoms with Gasteiger partial charge in [-0.3, -0.25) is 4.79 Å². The third-order valence-electron chi connectivity index (χ3n) is 3.62. The number of methoxy groups -OCH3 is 1. The van der Waals surface area contributed by atoms with Crippen molar-refractivity contribution in [2.24, 2.45) is 0 Å². The van der Waals surface area contributed by atoms with Crippen LogP contribution in [-0.2, 0) is 6.42 Å². The summed E-state index contributed by atoms with van der Waals surface area (Å²) >= 11 is 0. The van der Waals surface area contributed by atoms with Gasteiger partial charge in [-0.25, -0.2) is 9.97 Å². The predicted octanol–water partition coefficient (Wildman–Crippen LogP) is 1.77. The number of rotatable bonds is 5. The van der Waals surface area contributed by atoms with Crippen LogP contribution >= 0.6 is 0 Å². The number of hydrogen-bond acceptors (Lipinski definition) is 5. The van der Waals surface area contributed by atoms with Crippen LogP contribution in [0, 0.1) is 0 Å². The number of benzene rings is 1. The van der Waals surface area contributed by atoms with Crippen molar-refractivity contribution in [3.8, 4) is 5.75 Å². The number of nitrogens with zero attached hydrogens (tertiary/aromatic N) is 3. The Hall–Kier alpha value is -2.63. The van der Waals surface area contributed by atoms with Crippen LogP contribution in [0.1, 0.15) is 23.0 Å². The summed E-state index contributed by atoms with van der Waals surface area (Å²) in [7, 11) is 3.37. The molecule has 1 aromatic carbocycles. The molecular formula is C16H20N4O2. The molecule has 0 radical (unpaired) electrons. The van der Waals surface area contributed by atoms with Crippen LogP contribution in [0.5, 0.6) is 5.75 Å². The normalized spacial score (nSPS) is 11.8. The molecule has 116 valence electrons. The summed E-state index contributed by atoms with van der Waals surface area (Å²) in [6.45, 7) is 1.97. The summed E-state index contributed by atoms with van der Waals surface area (Å²) < 4.78 is 5.34. The van der Waals surface area contributed by atoms with Crippen LogP contribution < -0.4 is 10.5 Å². The number of likely N-dealkylation sites (N-methyl/N-ethyl adjacent to an activating group) is 1. The van der Waals surface area contributed by atoms with Crippen LogP contribution in [0.2, 0.25) is 0 Å². The average Bonchev–Trinajstić information content (AvgIpc) is 2.54. The second kappa shape index (κ2) is 6.89. The summed E-state index contributed by atoms with van der Waals surface area (Å²) in [6, 6.07) is 7.73. The van der Waals surface area contributed by atoms with Gasteiger partial charge in [-0.05, 0) is 25.0 Å². The number of aromatic nitrogens is 2. The van der Waals surface area contributed by atoms with Gasteiger partial charge in [0.25, 0.3) is 5.91 Å². The highest BCUT2D eigenvalue weighted by atomic mass is 16.5. The monoisotopic (exact) mass is 300 g/mol. The van der Waals surface area contributed by atoms with E-state index in [9.17, 15) is 4.79 Å². The molecule has 0 fully saturated rings. The second-order valence-electron chi connectivity index (χ2n) is 5.07. The fraction of sp³-hybridized carbons (Fsp3) is 0.312. The van der Waals surface area contributed by atoms with E-state index in [1.54, 1.807) is 19.1 Å². The first-order valence-corrected chi connectivity index (χ1v) is 7.00. The Balaban J connectivity index is 2.14. The number of nitrogen functional groups attached to an aromatic ring is 1. The standard InChI is InChI=1S/C16H20N4O2/c1-11(10-12-6-4-5-7-13(12)22-3)20(2)16(21)14-15(17)19-9-8-18-14/h4-9,11H,10H2,1-3H3,(H2,17,19). The van der Waals surface area contributed by atoms with Crippen LogP contribution in [0.4, 0.5) is 5.82 Å². The lowest BCUT2D eigenvalue weighted by Gasteiger charge is -2.25. The van der Waals surface area contributed by atoms with Crippen molar-refractivity contribution in [2.75, 3.05) is 19.9 Å². The average molecular weight is 300 g/mol. The van der Waals surface area contributed by atoms with Crippen molar-refractivity contribution in [1.29, 1.82) is 0 Å². The van der Waals surface area contributed by atoms with Gasteiger partial charge in [-0.15, -0.1) is 0 Å². The lowest BCUT2D eigenvalue weighted by Crippen LogP contribution is -2.37. The lowest BCUT2D eigenvalue weighted by atomic mass is 10.0. The van der Waals surface area contributed by atoms with Crippen LogP contribution in [0.3, 0.4) is 0 Å². The smallest absolute Gasteiger partial charge is 0.276 e. The van der Waals surface area contributed by atoms with Crippen molar-refractivity contribution in [3.05, 3.63) is 47.9 Å². The molecule has 1 unspecified atom stereocenters. The third-order valence-corrected chi connectivity index (χ3v) is 3.62. The van der Waals surface area contributed by atoms with Gasteiger partial charge in [0.2, 0.25) is 0 Å². The van der Waals surface area contributed by atoms with E-state index in [1.807, 2.05) is 31.2 Å². The molecule has 0 spiro atoms. The largest absolute Gasteiger partial charge is 0.496 e. The predicted molar refractivity (Wildman–Crippen MR) is 84.7 cm³/mol. The van der Waals surface area contributed by atoms with Crippen molar-refractivity contribution in [3.63, 3.8) is 0 Å². The molecule has 22 heavy (non-hydrogen) atoms. The molecule has 1 amide bonds. The molecule has 6 heteroatoms. The van der Waals surface area contributed by atoms with E-state index in [4.69, 9.17) is 10.5 Å². The summed E-state index contributed by atoms with van der Waals surface area (Å²) in [5.74, 6) is 0.714. The van der Waals surface area contributed by atoms with Crippen LogP contribution in [0.25, 0.3) is 0 Å². The molecule has 2 rings (SSSR count). The van der Waals surface area contributed by atoms with Crippen molar-refractivity contribution >= 4 is 11.7 Å². The minimum absolute atomic E-state index is 0.0368. The van der Waals surface area contributed by atoms with Crippen LogP contribution in [0.15, 0.2) is 36.7 Å². The molecule has 1 atom stereocenters. The number of anilines is 1. The number of ether oxygens (including phenoxy) is 1. The maximum Gasteiger partial charge on any atom is 0.276 e. The molecule has 2 N–H and O–H groups in total. The minimum atomic E-state index is -0.243. The summed E-state index contributed by atoms with van der Waals surface area (Å²) in [4.78, 5) is 22.0. The highest BCUT2D eigenvalue weighted by molar-refractivity contribution is 5.96. The minimum Gasteiger partial charge on any atom is -0.496 e. The van der Waals surface area contributed by atoms with Gasteiger partial charge in [0, 0.05) is 25.5 Å². The van der Waals surface area contributed by atoms with E-state index >= 15 is 0 Å². The van der Waals surface area contributed by atoms with E-state index in [0.717, 1.165) is 11.3 Å². The lowest BCUT2D eigenvalue weighted by molar-refractivity contribution is 0.0738. The number of hydrogen-bond donors (Lipinski definition) is 1. The SMILES string of the molecule is COc1ccccc1CC(C)N(C)C(=O)c1nccnc1N. The van der Waals surface area contributed by atoms with E-state index in [0.29, 0.717) is 6.42 Å². The number of carbonyl (C=O) groups excluding carboxylic acids is 1. The fourth-order valence-electron chi connectivity index (χ4n) is 2.21. The molecule has 0 aliphatic rings. The third kappa shape index (κ3) is 3.33. The first kappa shape index (κ1) is 15.8.